The van der Waals surface area contributed by atoms with E-state index < -0.39 is 0 Å². The average Bonchev–Trinajstić information content (AvgIpc) is 2.80. The molecule has 0 amide bonds. The van der Waals surface area contributed by atoms with Crippen LogP contribution in [0.2, 0.25) is 0 Å². The third-order valence-electron chi connectivity index (χ3n) is 2.96. The van der Waals surface area contributed by atoms with Gasteiger partial charge in [-0.2, -0.15) is 0 Å². The number of aryl methyl sites for hydroxylation is 1. The summed E-state index contributed by atoms with van der Waals surface area (Å²) in [7, 11) is 0. The molecule has 0 saturated heterocycles. The first-order chi connectivity index (χ1) is 8.95. The molecule has 3 heteroatoms. The lowest BCUT2D eigenvalue weighted by molar-refractivity contribution is 0.583. The Bertz CT molecular complexity index is 520. The smallest absolute Gasteiger partial charge is 0.0981 e. The van der Waals surface area contributed by atoms with Gasteiger partial charge >= 0.3 is 0 Å². The van der Waals surface area contributed by atoms with Gasteiger partial charge in [-0.1, -0.05) is 38.5 Å². The van der Waals surface area contributed by atoms with Gasteiger partial charge in [-0.3, -0.25) is 0 Å². The topological polar surface area (TPSA) is 24.9 Å². The molecule has 0 bridgehead atoms. The summed E-state index contributed by atoms with van der Waals surface area (Å²) in [5.74, 6) is 0. The van der Waals surface area contributed by atoms with Crippen LogP contribution in [0.5, 0.6) is 0 Å². The molecule has 102 valence electrons. The van der Waals surface area contributed by atoms with Crippen molar-refractivity contribution >= 4 is 17.0 Å². The Labute approximate surface area is 119 Å². The van der Waals surface area contributed by atoms with Gasteiger partial charge in [0, 0.05) is 29.4 Å². The van der Waals surface area contributed by atoms with E-state index in [0.29, 0.717) is 0 Å². The second-order valence-electron chi connectivity index (χ2n) is 5.94. The fraction of sp³-hybridized carbons (Fsp3) is 0.438. The summed E-state index contributed by atoms with van der Waals surface area (Å²) in [6, 6.07) is 8.50. The molecule has 0 unspecified atom stereocenters. The van der Waals surface area contributed by atoms with E-state index in [1.807, 2.05) is 0 Å². The van der Waals surface area contributed by atoms with E-state index in [4.69, 9.17) is 4.98 Å². The first-order valence-electron chi connectivity index (χ1n) is 6.70. The standard InChI is InChI=1S/C16H22N2S/c1-12-5-7-13(8-6-12)17-10-9-14-11-19-15(18-14)16(2,3)4/h5-8,11,17H,9-10H2,1-4H3. The van der Waals surface area contributed by atoms with Crippen molar-refractivity contribution in [1.82, 2.24) is 4.98 Å². The van der Waals surface area contributed by atoms with Crippen LogP contribution in [0, 0.1) is 6.92 Å². The third-order valence-corrected chi connectivity index (χ3v) is 4.27. The molecule has 0 fully saturated rings. The van der Waals surface area contributed by atoms with Crippen molar-refractivity contribution in [2.45, 2.75) is 39.5 Å². The number of rotatable bonds is 4. The van der Waals surface area contributed by atoms with E-state index in [0.717, 1.165) is 13.0 Å². The molecule has 0 aliphatic rings. The number of thiazole rings is 1. The van der Waals surface area contributed by atoms with Crippen LogP contribution in [0.4, 0.5) is 5.69 Å². The van der Waals surface area contributed by atoms with Gasteiger partial charge in [-0.05, 0) is 19.1 Å². The van der Waals surface area contributed by atoms with Gasteiger partial charge in [0.2, 0.25) is 0 Å². The van der Waals surface area contributed by atoms with Gasteiger partial charge in [-0.15, -0.1) is 11.3 Å². The predicted molar refractivity (Wildman–Crippen MR) is 84.2 cm³/mol. The van der Waals surface area contributed by atoms with Crippen LogP contribution >= 0.6 is 11.3 Å². The molecular formula is C16H22N2S. The molecule has 2 nitrogen and oxygen atoms in total. The zero-order valence-electron chi connectivity index (χ0n) is 12.2. The van der Waals surface area contributed by atoms with E-state index in [1.54, 1.807) is 11.3 Å². The number of hydrogen-bond donors (Lipinski definition) is 1. The minimum Gasteiger partial charge on any atom is -0.385 e. The highest BCUT2D eigenvalue weighted by molar-refractivity contribution is 7.09. The molecule has 0 saturated carbocycles. The summed E-state index contributed by atoms with van der Waals surface area (Å²) in [6.07, 6.45) is 0.973. The van der Waals surface area contributed by atoms with Crippen LogP contribution < -0.4 is 5.32 Å². The van der Waals surface area contributed by atoms with E-state index in [9.17, 15) is 0 Å². The Morgan fingerprint density at radius 2 is 1.84 bits per heavy atom. The predicted octanol–water partition coefficient (Wildman–Crippen LogP) is 4.40. The molecule has 0 aliphatic heterocycles. The van der Waals surface area contributed by atoms with Crippen LogP contribution in [0.3, 0.4) is 0 Å². The summed E-state index contributed by atoms with van der Waals surface area (Å²) in [6.45, 7) is 9.66. The molecule has 1 heterocycles. The van der Waals surface area contributed by atoms with E-state index >= 15 is 0 Å². The summed E-state index contributed by atoms with van der Waals surface area (Å²) in [5, 5.41) is 6.83. The van der Waals surface area contributed by atoms with Gasteiger partial charge in [0.1, 0.15) is 0 Å². The molecule has 19 heavy (non-hydrogen) atoms. The van der Waals surface area contributed by atoms with Gasteiger partial charge in [0.15, 0.2) is 0 Å². The Hall–Kier alpha value is -1.35. The van der Waals surface area contributed by atoms with Crippen LogP contribution in [0.1, 0.15) is 37.0 Å². The fourth-order valence-corrected chi connectivity index (χ4v) is 2.71. The summed E-state index contributed by atoms with van der Waals surface area (Å²) in [5.41, 5.74) is 3.82. The Kier molecular flexibility index (Phi) is 4.25. The minimum absolute atomic E-state index is 0.160. The number of hydrogen-bond acceptors (Lipinski definition) is 3. The molecule has 0 spiro atoms. The van der Waals surface area contributed by atoms with Crippen molar-refractivity contribution in [2.75, 3.05) is 11.9 Å². The molecular weight excluding hydrogens is 252 g/mol. The number of aromatic nitrogens is 1. The van der Waals surface area contributed by atoms with Gasteiger partial charge < -0.3 is 5.32 Å². The summed E-state index contributed by atoms with van der Waals surface area (Å²) in [4.78, 5) is 4.71. The molecule has 1 aromatic heterocycles. The van der Waals surface area contributed by atoms with Crippen molar-refractivity contribution in [3.05, 3.63) is 45.9 Å². The molecule has 0 aliphatic carbocycles. The van der Waals surface area contributed by atoms with Crippen molar-refractivity contribution in [1.29, 1.82) is 0 Å². The van der Waals surface area contributed by atoms with E-state index in [1.165, 1.54) is 22.0 Å². The zero-order valence-corrected chi connectivity index (χ0v) is 13.0. The molecule has 0 radical (unpaired) electrons. The maximum Gasteiger partial charge on any atom is 0.0981 e. The Balaban J connectivity index is 1.86. The second-order valence-corrected chi connectivity index (χ2v) is 6.79. The minimum atomic E-state index is 0.160. The normalized spacial score (nSPS) is 11.6. The number of anilines is 1. The van der Waals surface area contributed by atoms with Crippen molar-refractivity contribution < 1.29 is 0 Å². The second kappa shape index (κ2) is 5.74. The molecule has 2 aromatic rings. The average molecular weight is 274 g/mol. The number of benzene rings is 1. The lowest BCUT2D eigenvalue weighted by Gasteiger charge is -2.13. The van der Waals surface area contributed by atoms with Gasteiger partial charge in [0.05, 0.1) is 10.7 Å². The first-order valence-corrected chi connectivity index (χ1v) is 7.58. The Morgan fingerprint density at radius 1 is 1.16 bits per heavy atom. The maximum absolute atomic E-state index is 4.71. The molecule has 0 atom stereocenters. The monoisotopic (exact) mass is 274 g/mol. The third kappa shape index (κ3) is 4.06. The van der Waals surface area contributed by atoms with Crippen LogP contribution in [-0.4, -0.2) is 11.5 Å². The Morgan fingerprint density at radius 3 is 2.42 bits per heavy atom. The maximum atomic E-state index is 4.71. The van der Waals surface area contributed by atoms with Gasteiger partial charge in [-0.25, -0.2) is 4.98 Å². The number of nitrogens with one attached hydrogen (secondary N) is 1. The zero-order chi connectivity index (χ0) is 13.9. The largest absolute Gasteiger partial charge is 0.385 e. The highest BCUT2D eigenvalue weighted by Crippen LogP contribution is 2.25. The SMILES string of the molecule is Cc1ccc(NCCc2csc(C(C)(C)C)n2)cc1. The van der Waals surface area contributed by atoms with E-state index in [-0.39, 0.29) is 5.41 Å². The van der Waals surface area contributed by atoms with Crippen LogP contribution in [-0.2, 0) is 11.8 Å². The quantitative estimate of drug-likeness (QED) is 0.893. The van der Waals surface area contributed by atoms with E-state index in [2.05, 4.69) is 62.7 Å². The lowest BCUT2D eigenvalue weighted by Crippen LogP contribution is -2.11. The van der Waals surface area contributed by atoms with Gasteiger partial charge in [0.25, 0.3) is 0 Å². The van der Waals surface area contributed by atoms with Crippen LogP contribution in [0.25, 0.3) is 0 Å². The summed E-state index contributed by atoms with van der Waals surface area (Å²) >= 11 is 1.77. The highest BCUT2D eigenvalue weighted by atomic mass is 32.1. The number of nitrogens with zero attached hydrogens (tertiary/aromatic N) is 1. The molecule has 1 aromatic carbocycles. The van der Waals surface area contributed by atoms with Crippen molar-refractivity contribution in [3.63, 3.8) is 0 Å². The van der Waals surface area contributed by atoms with Crippen LogP contribution in [0.15, 0.2) is 29.6 Å². The molecule has 1 N–H and O–H groups in total. The molecule has 2 rings (SSSR count). The highest BCUT2D eigenvalue weighted by Gasteiger charge is 2.17. The first kappa shape index (κ1) is 14.1. The summed E-state index contributed by atoms with van der Waals surface area (Å²) < 4.78 is 0. The van der Waals surface area contributed by atoms with Crippen molar-refractivity contribution in [2.24, 2.45) is 0 Å². The fourth-order valence-electron chi connectivity index (χ4n) is 1.77. The lowest BCUT2D eigenvalue weighted by atomic mass is 9.98. The van der Waals surface area contributed by atoms with Crippen molar-refractivity contribution in [3.8, 4) is 0 Å².